The summed E-state index contributed by atoms with van der Waals surface area (Å²) < 4.78 is 18.2. The largest absolute Gasteiger partial charge is 0.486 e. The zero-order valence-electron chi connectivity index (χ0n) is 14.5. The number of carbonyl (C=O) groups excluding carboxylic acids is 1. The Morgan fingerprint density at radius 2 is 1.93 bits per heavy atom. The van der Waals surface area contributed by atoms with Gasteiger partial charge in [0.25, 0.3) is 5.91 Å². The number of nitrogens with zero attached hydrogens (tertiary/aromatic N) is 4. The summed E-state index contributed by atoms with van der Waals surface area (Å²) in [5, 5.41) is 13.8. The Labute approximate surface area is 154 Å². The lowest BCUT2D eigenvalue weighted by atomic mass is 10.2. The van der Waals surface area contributed by atoms with E-state index in [1.165, 1.54) is 11.0 Å². The van der Waals surface area contributed by atoms with Gasteiger partial charge in [-0.1, -0.05) is 0 Å². The first-order chi connectivity index (χ1) is 13.2. The Balaban J connectivity index is 1.38. The van der Waals surface area contributed by atoms with Crippen LogP contribution in [0.2, 0.25) is 0 Å². The summed E-state index contributed by atoms with van der Waals surface area (Å²) in [6, 6.07) is 12.4. The molecule has 27 heavy (non-hydrogen) atoms. The maximum absolute atomic E-state index is 12.4. The molecule has 3 aromatic rings. The van der Waals surface area contributed by atoms with Crippen molar-refractivity contribution in [2.24, 2.45) is 0 Å². The van der Waals surface area contributed by atoms with Gasteiger partial charge in [0.1, 0.15) is 25.3 Å². The zero-order valence-corrected chi connectivity index (χ0v) is 14.5. The molecule has 1 aliphatic heterocycles. The minimum Gasteiger partial charge on any atom is -0.486 e. The summed E-state index contributed by atoms with van der Waals surface area (Å²) in [7, 11) is 0. The molecule has 1 aliphatic rings. The fraction of sp³-hybridized carbons (Fsp3) is 0.222. The van der Waals surface area contributed by atoms with Gasteiger partial charge in [-0.2, -0.15) is 0 Å². The number of amides is 1. The van der Waals surface area contributed by atoms with E-state index in [1.807, 2.05) is 0 Å². The van der Waals surface area contributed by atoms with Crippen molar-refractivity contribution < 1.29 is 19.0 Å². The van der Waals surface area contributed by atoms with Crippen LogP contribution in [-0.4, -0.2) is 45.4 Å². The highest BCUT2D eigenvalue weighted by Gasteiger charge is 2.17. The number of anilines is 1. The quantitative estimate of drug-likeness (QED) is 0.734. The molecule has 4 rings (SSSR count). The van der Waals surface area contributed by atoms with Crippen LogP contribution in [0.15, 0.2) is 48.8 Å². The van der Waals surface area contributed by atoms with E-state index in [9.17, 15) is 4.79 Å². The van der Waals surface area contributed by atoms with Crippen molar-refractivity contribution in [3.8, 4) is 22.9 Å². The summed E-state index contributed by atoms with van der Waals surface area (Å²) in [6.07, 6.45) is 0.816. The van der Waals surface area contributed by atoms with Crippen molar-refractivity contribution in [1.29, 1.82) is 0 Å². The van der Waals surface area contributed by atoms with E-state index in [1.54, 1.807) is 49.4 Å². The lowest BCUT2D eigenvalue weighted by Crippen LogP contribution is -2.30. The molecule has 1 atom stereocenters. The topological polar surface area (TPSA) is 100 Å². The molecule has 0 saturated carbocycles. The lowest BCUT2D eigenvalue weighted by Gasteiger charge is -2.19. The molecule has 0 radical (unpaired) electrons. The summed E-state index contributed by atoms with van der Waals surface area (Å²) in [6.45, 7) is 2.70. The number of ether oxygens (including phenoxy) is 3. The van der Waals surface area contributed by atoms with E-state index in [-0.39, 0.29) is 5.91 Å². The normalized spacial score (nSPS) is 13.7. The third-order valence-electron chi connectivity index (χ3n) is 3.94. The van der Waals surface area contributed by atoms with Gasteiger partial charge in [0, 0.05) is 11.8 Å². The van der Waals surface area contributed by atoms with E-state index in [0.29, 0.717) is 36.1 Å². The molecule has 0 fully saturated rings. The monoisotopic (exact) mass is 367 g/mol. The molecule has 1 amide bonds. The number of benzene rings is 2. The van der Waals surface area contributed by atoms with Gasteiger partial charge in [-0.05, 0) is 53.7 Å². The van der Waals surface area contributed by atoms with E-state index in [0.717, 1.165) is 5.69 Å². The molecular weight excluding hydrogens is 350 g/mol. The molecule has 9 nitrogen and oxygen atoms in total. The third kappa shape index (κ3) is 3.81. The molecular formula is C18H17N5O4. The fourth-order valence-electron chi connectivity index (χ4n) is 2.58. The number of carbonyl (C=O) groups is 1. The number of rotatable bonds is 5. The van der Waals surface area contributed by atoms with Crippen molar-refractivity contribution in [1.82, 2.24) is 20.2 Å². The predicted octanol–water partition coefficient (Wildman–Crippen LogP) is 1.84. The zero-order chi connectivity index (χ0) is 18.6. The molecule has 0 saturated heterocycles. The van der Waals surface area contributed by atoms with Crippen molar-refractivity contribution in [2.75, 3.05) is 18.5 Å². The van der Waals surface area contributed by atoms with Gasteiger partial charge in [0.15, 0.2) is 17.6 Å². The molecule has 0 spiro atoms. The number of tetrazole rings is 1. The summed E-state index contributed by atoms with van der Waals surface area (Å²) in [5.41, 5.74) is 1.41. The fourth-order valence-corrected chi connectivity index (χ4v) is 2.58. The SMILES string of the molecule is CC(Oc1ccc(-n2cnnn2)cc1)C(=O)Nc1ccc2c(c1)OCCO2. The van der Waals surface area contributed by atoms with Gasteiger partial charge >= 0.3 is 0 Å². The molecule has 1 N–H and O–H groups in total. The Morgan fingerprint density at radius 1 is 1.15 bits per heavy atom. The van der Waals surface area contributed by atoms with Gasteiger partial charge in [0.05, 0.1) is 5.69 Å². The van der Waals surface area contributed by atoms with Gasteiger partial charge < -0.3 is 19.5 Å². The molecule has 2 aromatic carbocycles. The van der Waals surface area contributed by atoms with Crippen LogP contribution >= 0.6 is 0 Å². The van der Waals surface area contributed by atoms with Crippen LogP contribution in [0.25, 0.3) is 5.69 Å². The van der Waals surface area contributed by atoms with Crippen LogP contribution in [0.1, 0.15) is 6.92 Å². The first-order valence-corrected chi connectivity index (χ1v) is 8.39. The van der Waals surface area contributed by atoms with Crippen LogP contribution in [-0.2, 0) is 4.79 Å². The van der Waals surface area contributed by atoms with Crippen LogP contribution < -0.4 is 19.5 Å². The average Bonchev–Trinajstić information content (AvgIpc) is 3.23. The number of hydrogen-bond acceptors (Lipinski definition) is 7. The lowest BCUT2D eigenvalue weighted by molar-refractivity contribution is -0.122. The summed E-state index contributed by atoms with van der Waals surface area (Å²) in [4.78, 5) is 12.4. The molecule has 0 aliphatic carbocycles. The standard InChI is InChI=1S/C18H17N5O4/c1-12(27-15-5-3-14(4-6-15)23-11-19-21-22-23)18(24)20-13-2-7-16-17(10-13)26-9-8-25-16/h2-7,10-12H,8-9H2,1H3,(H,20,24). The van der Waals surface area contributed by atoms with Gasteiger partial charge in [0.2, 0.25) is 0 Å². The highest BCUT2D eigenvalue weighted by Crippen LogP contribution is 2.32. The molecule has 1 aromatic heterocycles. The van der Waals surface area contributed by atoms with Crippen LogP contribution in [0.3, 0.4) is 0 Å². The third-order valence-corrected chi connectivity index (χ3v) is 3.94. The summed E-state index contributed by atoms with van der Waals surface area (Å²) in [5.74, 6) is 1.59. The Bertz CT molecular complexity index is 927. The van der Waals surface area contributed by atoms with Crippen molar-refractivity contribution in [3.05, 3.63) is 48.8 Å². The minimum absolute atomic E-state index is 0.267. The Morgan fingerprint density at radius 3 is 2.67 bits per heavy atom. The predicted molar refractivity (Wildman–Crippen MR) is 95.3 cm³/mol. The molecule has 2 heterocycles. The average molecular weight is 367 g/mol. The molecule has 138 valence electrons. The first kappa shape index (κ1) is 16.8. The second-order valence-corrected chi connectivity index (χ2v) is 5.86. The minimum atomic E-state index is -0.683. The second kappa shape index (κ2) is 7.32. The first-order valence-electron chi connectivity index (χ1n) is 8.39. The van der Waals surface area contributed by atoms with Crippen molar-refractivity contribution >= 4 is 11.6 Å². The van der Waals surface area contributed by atoms with Crippen LogP contribution in [0.4, 0.5) is 5.69 Å². The maximum atomic E-state index is 12.4. The molecule has 9 heteroatoms. The van der Waals surface area contributed by atoms with Crippen molar-refractivity contribution in [2.45, 2.75) is 13.0 Å². The van der Waals surface area contributed by atoms with E-state index in [2.05, 4.69) is 20.8 Å². The Kier molecular flexibility index (Phi) is 4.56. The maximum Gasteiger partial charge on any atom is 0.265 e. The second-order valence-electron chi connectivity index (χ2n) is 5.86. The van der Waals surface area contributed by atoms with Crippen LogP contribution in [0.5, 0.6) is 17.2 Å². The van der Waals surface area contributed by atoms with Gasteiger partial charge in [-0.3, -0.25) is 4.79 Å². The van der Waals surface area contributed by atoms with E-state index >= 15 is 0 Å². The summed E-state index contributed by atoms with van der Waals surface area (Å²) >= 11 is 0. The van der Waals surface area contributed by atoms with Gasteiger partial charge in [-0.15, -0.1) is 5.10 Å². The Hall–Kier alpha value is -3.62. The number of aromatic nitrogens is 4. The highest BCUT2D eigenvalue weighted by atomic mass is 16.6. The van der Waals surface area contributed by atoms with Crippen molar-refractivity contribution in [3.63, 3.8) is 0 Å². The number of fused-ring (bicyclic) bond motifs is 1. The molecule has 0 bridgehead atoms. The van der Waals surface area contributed by atoms with E-state index < -0.39 is 6.10 Å². The smallest absolute Gasteiger partial charge is 0.265 e. The van der Waals surface area contributed by atoms with Gasteiger partial charge in [-0.25, -0.2) is 4.68 Å². The number of hydrogen-bond donors (Lipinski definition) is 1. The molecule has 1 unspecified atom stereocenters. The van der Waals surface area contributed by atoms with E-state index in [4.69, 9.17) is 14.2 Å². The number of nitrogens with one attached hydrogen (secondary N) is 1. The highest BCUT2D eigenvalue weighted by molar-refractivity contribution is 5.94. The van der Waals surface area contributed by atoms with Crippen LogP contribution in [0, 0.1) is 0 Å².